The molecule has 4 nitrogen and oxygen atoms in total. The second kappa shape index (κ2) is 4.18. The molecule has 1 heterocycles. The maximum atomic E-state index is 11.0. The van der Waals surface area contributed by atoms with E-state index in [2.05, 4.69) is 17.1 Å². The summed E-state index contributed by atoms with van der Waals surface area (Å²) in [5, 5.41) is 0. The van der Waals surface area contributed by atoms with Gasteiger partial charge in [0, 0.05) is 12.7 Å². The van der Waals surface area contributed by atoms with E-state index in [9.17, 15) is 4.79 Å². The third kappa shape index (κ3) is 2.28. The van der Waals surface area contributed by atoms with E-state index in [0.717, 1.165) is 5.56 Å². The molecule has 0 spiro atoms. The summed E-state index contributed by atoms with van der Waals surface area (Å²) >= 11 is 0. The molecule has 0 aliphatic heterocycles. The minimum absolute atomic E-state index is 0.176. The molecule has 0 unspecified atom stereocenters. The number of aryl methyl sites for hydroxylation is 1. The Morgan fingerprint density at radius 3 is 2.62 bits per heavy atom. The molecule has 0 bridgehead atoms. The Kier molecular flexibility index (Phi) is 2.72. The molecular weight excluding hydrogens is 202 g/mol. The quantitative estimate of drug-likeness (QED) is 0.818. The van der Waals surface area contributed by atoms with Crippen molar-refractivity contribution in [2.75, 3.05) is 5.73 Å². The highest BCUT2D eigenvalue weighted by atomic mass is 16.1. The van der Waals surface area contributed by atoms with E-state index in [1.165, 1.54) is 11.9 Å². The number of aromatic nitrogens is 2. The van der Waals surface area contributed by atoms with Crippen molar-refractivity contribution in [1.29, 1.82) is 0 Å². The zero-order chi connectivity index (χ0) is 11.5. The molecule has 0 aliphatic rings. The van der Waals surface area contributed by atoms with Crippen molar-refractivity contribution in [1.82, 2.24) is 9.55 Å². The van der Waals surface area contributed by atoms with Crippen molar-refractivity contribution >= 4 is 5.69 Å². The van der Waals surface area contributed by atoms with Crippen LogP contribution in [0.25, 0.3) is 0 Å². The van der Waals surface area contributed by atoms with Gasteiger partial charge in [-0.3, -0.25) is 4.79 Å². The van der Waals surface area contributed by atoms with Crippen LogP contribution in [0.2, 0.25) is 0 Å². The number of hydrogen-bond acceptors (Lipinski definition) is 3. The van der Waals surface area contributed by atoms with E-state index < -0.39 is 0 Å². The van der Waals surface area contributed by atoms with Crippen LogP contribution in [0.1, 0.15) is 11.1 Å². The van der Waals surface area contributed by atoms with Crippen LogP contribution in [0.4, 0.5) is 5.69 Å². The predicted molar refractivity (Wildman–Crippen MR) is 63.2 cm³/mol. The summed E-state index contributed by atoms with van der Waals surface area (Å²) in [6, 6.07) is 8.19. The second-order valence-electron chi connectivity index (χ2n) is 3.79. The van der Waals surface area contributed by atoms with Gasteiger partial charge < -0.3 is 10.3 Å². The van der Waals surface area contributed by atoms with Gasteiger partial charge in [0.25, 0.3) is 5.56 Å². The van der Waals surface area contributed by atoms with E-state index in [-0.39, 0.29) is 11.2 Å². The molecule has 0 saturated heterocycles. The van der Waals surface area contributed by atoms with Gasteiger partial charge in [-0.15, -0.1) is 0 Å². The van der Waals surface area contributed by atoms with E-state index in [1.54, 1.807) is 10.8 Å². The zero-order valence-electron chi connectivity index (χ0n) is 9.05. The number of nitrogens with two attached hydrogens (primary N) is 1. The van der Waals surface area contributed by atoms with Crippen LogP contribution in [0.5, 0.6) is 0 Å². The third-order valence-corrected chi connectivity index (χ3v) is 2.36. The molecule has 1 aromatic carbocycles. The Hall–Kier alpha value is -2.10. The summed E-state index contributed by atoms with van der Waals surface area (Å²) in [7, 11) is 0. The minimum Gasteiger partial charge on any atom is -0.393 e. The van der Waals surface area contributed by atoms with Crippen LogP contribution in [0, 0.1) is 6.92 Å². The topological polar surface area (TPSA) is 60.9 Å². The number of nitrogens with zero attached hydrogens (tertiary/aromatic N) is 2. The number of rotatable bonds is 2. The van der Waals surface area contributed by atoms with E-state index in [1.807, 2.05) is 19.1 Å². The Morgan fingerprint density at radius 1 is 1.31 bits per heavy atom. The Bertz CT molecular complexity index is 543. The van der Waals surface area contributed by atoms with Gasteiger partial charge in [0.15, 0.2) is 0 Å². The molecule has 2 N–H and O–H groups in total. The third-order valence-electron chi connectivity index (χ3n) is 2.36. The maximum absolute atomic E-state index is 11.0. The molecule has 0 aliphatic carbocycles. The smallest absolute Gasteiger partial charge is 0.295 e. The lowest BCUT2D eigenvalue weighted by molar-refractivity contribution is 0.763. The summed E-state index contributed by atoms with van der Waals surface area (Å²) in [5.41, 5.74) is 7.68. The second-order valence-corrected chi connectivity index (χ2v) is 3.79. The first-order valence-corrected chi connectivity index (χ1v) is 5.02. The SMILES string of the molecule is Cc1ccc(Cn2cnc(=O)c(N)c2)cc1. The summed E-state index contributed by atoms with van der Waals surface area (Å²) in [4.78, 5) is 14.7. The van der Waals surface area contributed by atoms with Crippen LogP contribution in [-0.2, 0) is 6.54 Å². The highest BCUT2D eigenvalue weighted by Gasteiger charge is 1.97. The first-order chi connectivity index (χ1) is 7.65. The predicted octanol–water partition coefficient (Wildman–Crippen LogP) is 1.18. The molecule has 0 radical (unpaired) electrons. The van der Waals surface area contributed by atoms with Crippen LogP contribution in [-0.4, -0.2) is 9.55 Å². The maximum Gasteiger partial charge on any atom is 0.295 e. The van der Waals surface area contributed by atoms with Crippen molar-refractivity contribution in [2.45, 2.75) is 13.5 Å². The highest BCUT2D eigenvalue weighted by Crippen LogP contribution is 2.05. The van der Waals surface area contributed by atoms with Crippen LogP contribution < -0.4 is 11.3 Å². The van der Waals surface area contributed by atoms with Crippen molar-refractivity contribution in [2.24, 2.45) is 0 Å². The lowest BCUT2D eigenvalue weighted by Crippen LogP contribution is -2.15. The standard InChI is InChI=1S/C12H13N3O/c1-9-2-4-10(5-3-9)6-15-7-11(13)12(16)14-8-15/h2-5,7-8H,6,13H2,1H3. The van der Waals surface area contributed by atoms with Crippen LogP contribution >= 0.6 is 0 Å². The number of anilines is 1. The molecule has 16 heavy (non-hydrogen) atoms. The molecule has 0 saturated carbocycles. The Labute approximate surface area is 93.4 Å². The van der Waals surface area contributed by atoms with Gasteiger partial charge in [0.2, 0.25) is 0 Å². The molecule has 1 aromatic heterocycles. The van der Waals surface area contributed by atoms with Crippen LogP contribution in [0.3, 0.4) is 0 Å². The van der Waals surface area contributed by atoms with Crippen molar-refractivity contribution < 1.29 is 0 Å². The highest BCUT2D eigenvalue weighted by molar-refractivity contribution is 5.30. The number of hydrogen-bond donors (Lipinski definition) is 1. The lowest BCUT2D eigenvalue weighted by Gasteiger charge is -2.06. The monoisotopic (exact) mass is 215 g/mol. The Balaban J connectivity index is 2.23. The lowest BCUT2D eigenvalue weighted by atomic mass is 10.1. The van der Waals surface area contributed by atoms with Crippen LogP contribution in [0.15, 0.2) is 41.6 Å². The fourth-order valence-corrected chi connectivity index (χ4v) is 1.46. The molecule has 0 amide bonds. The first kappa shape index (κ1) is 10.4. The molecule has 2 aromatic rings. The summed E-state index contributed by atoms with van der Waals surface area (Å²) < 4.78 is 1.79. The van der Waals surface area contributed by atoms with E-state index in [4.69, 9.17) is 5.73 Å². The molecular formula is C12H13N3O. The van der Waals surface area contributed by atoms with Gasteiger partial charge in [-0.05, 0) is 12.5 Å². The van der Waals surface area contributed by atoms with Crippen molar-refractivity contribution in [3.8, 4) is 0 Å². The van der Waals surface area contributed by atoms with Gasteiger partial charge >= 0.3 is 0 Å². The fraction of sp³-hybridized carbons (Fsp3) is 0.167. The summed E-state index contributed by atoms with van der Waals surface area (Å²) in [6.07, 6.45) is 3.10. The zero-order valence-corrected chi connectivity index (χ0v) is 9.05. The summed E-state index contributed by atoms with van der Waals surface area (Å²) in [6.45, 7) is 2.71. The van der Waals surface area contributed by atoms with Gasteiger partial charge in [-0.2, -0.15) is 4.98 Å². The first-order valence-electron chi connectivity index (χ1n) is 5.02. The Morgan fingerprint density at radius 2 is 2.00 bits per heavy atom. The molecule has 0 fully saturated rings. The normalized spacial score (nSPS) is 10.3. The van der Waals surface area contributed by atoms with Crippen molar-refractivity contribution in [3.63, 3.8) is 0 Å². The molecule has 0 atom stereocenters. The summed E-state index contributed by atoms with van der Waals surface area (Å²) in [5.74, 6) is 0. The van der Waals surface area contributed by atoms with Gasteiger partial charge in [0.05, 0.1) is 6.33 Å². The number of nitrogen functional groups attached to an aromatic ring is 1. The van der Waals surface area contributed by atoms with Crippen molar-refractivity contribution in [3.05, 3.63) is 58.3 Å². The fourth-order valence-electron chi connectivity index (χ4n) is 1.46. The molecule has 82 valence electrons. The van der Waals surface area contributed by atoms with Gasteiger partial charge in [-0.1, -0.05) is 29.8 Å². The average molecular weight is 215 g/mol. The average Bonchev–Trinajstić information content (AvgIpc) is 2.27. The number of benzene rings is 1. The molecule has 4 heteroatoms. The van der Waals surface area contributed by atoms with Gasteiger partial charge in [0.1, 0.15) is 5.69 Å². The molecule has 2 rings (SSSR count). The van der Waals surface area contributed by atoms with Gasteiger partial charge in [-0.25, -0.2) is 0 Å². The minimum atomic E-state index is -0.375. The largest absolute Gasteiger partial charge is 0.393 e. The van der Waals surface area contributed by atoms with E-state index in [0.29, 0.717) is 6.54 Å². The van der Waals surface area contributed by atoms with E-state index >= 15 is 0 Å².